The summed E-state index contributed by atoms with van der Waals surface area (Å²) in [7, 11) is 0. The summed E-state index contributed by atoms with van der Waals surface area (Å²) in [5.74, 6) is 0.966. The molecule has 5 heteroatoms. The Morgan fingerprint density at radius 3 is 2.68 bits per heavy atom. The first-order valence-corrected chi connectivity index (χ1v) is 7.50. The molecule has 1 heterocycles. The number of aromatic nitrogens is 2. The molecule has 0 unspecified atom stereocenters. The Morgan fingerprint density at radius 2 is 2.00 bits per heavy atom. The SMILES string of the molecule is c1cc(OC2CCCC2)ccc1NCc1csnn1. The third-order valence-corrected chi connectivity index (χ3v) is 3.89. The van der Waals surface area contributed by atoms with Gasteiger partial charge in [-0.3, -0.25) is 0 Å². The van der Waals surface area contributed by atoms with Crippen LogP contribution in [-0.4, -0.2) is 15.7 Å². The predicted octanol–water partition coefficient (Wildman–Crippen LogP) is 3.47. The lowest BCUT2D eigenvalue weighted by atomic mass is 10.2. The molecule has 4 nitrogen and oxygen atoms in total. The van der Waals surface area contributed by atoms with E-state index in [-0.39, 0.29) is 0 Å². The zero-order valence-electron chi connectivity index (χ0n) is 10.7. The number of rotatable bonds is 5. The molecule has 1 aliphatic carbocycles. The summed E-state index contributed by atoms with van der Waals surface area (Å²) in [5.41, 5.74) is 2.04. The van der Waals surface area contributed by atoms with Crippen LogP contribution >= 0.6 is 11.5 Å². The lowest BCUT2D eigenvalue weighted by molar-refractivity contribution is 0.210. The minimum atomic E-state index is 0.417. The van der Waals surface area contributed by atoms with Crippen LogP contribution in [0.4, 0.5) is 5.69 Å². The molecule has 1 aliphatic rings. The van der Waals surface area contributed by atoms with Crippen LogP contribution in [0.3, 0.4) is 0 Å². The minimum absolute atomic E-state index is 0.417. The van der Waals surface area contributed by atoms with Gasteiger partial charge in [0, 0.05) is 11.1 Å². The van der Waals surface area contributed by atoms with Crippen LogP contribution in [0.25, 0.3) is 0 Å². The van der Waals surface area contributed by atoms with Crippen molar-refractivity contribution in [2.24, 2.45) is 0 Å². The van der Waals surface area contributed by atoms with Crippen molar-refractivity contribution < 1.29 is 4.74 Å². The molecule has 1 aromatic carbocycles. The zero-order valence-corrected chi connectivity index (χ0v) is 11.5. The first-order valence-electron chi connectivity index (χ1n) is 6.67. The summed E-state index contributed by atoms with van der Waals surface area (Å²) in [4.78, 5) is 0. The molecule has 0 radical (unpaired) electrons. The Balaban J connectivity index is 1.53. The van der Waals surface area contributed by atoms with Crippen molar-refractivity contribution in [2.75, 3.05) is 5.32 Å². The summed E-state index contributed by atoms with van der Waals surface area (Å²) in [6.45, 7) is 0.708. The van der Waals surface area contributed by atoms with Gasteiger partial charge in [-0.2, -0.15) is 0 Å². The van der Waals surface area contributed by atoms with Gasteiger partial charge in [0.05, 0.1) is 18.3 Å². The van der Waals surface area contributed by atoms with Crippen molar-refractivity contribution in [1.29, 1.82) is 0 Å². The van der Waals surface area contributed by atoms with Crippen LogP contribution in [0.15, 0.2) is 29.6 Å². The van der Waals surface area contributed by atoms with Gasteiger partial charge < -0.3 is 10.1 Å². The first-order chi connectivity index (χ1) is 9.40. The monoisotopic (exact) mass is 275 g/mol. The smallest absolute Gasteiger partial charge is 0.119 e. The topological polar surface area (TPSA) is 47.0 Å². The number of hydrogen-bond acceptors (Lipinski definition) is 5. The molecular formula is C14H17N3OS. The summed E-state index contributed by atoms with van der Waals surface area (Å²) >= 11 is 1.37. The average Bonchev–Trinajstić information content (AvgIpc) is 3.11. The second kappa shape index (κ2) is 6.02. The first kappa shape index (κ1) is 12.4. The van der Waals surface area contributed by atoms with Crippen LogP contribution in [0.5, 0.6) is 5.75 Å². The summed E-state index contributed by atoms with van der Waals surface area (Å²) in [6, 6.07) is 8.15. The summed E-state index contributed by atoms with van der Waals surface area (Å²) < 4.78 is 9.77. The Kier molecular flexibility index (Phi) is 3.93. The van der Waals surface area contributed by atoms with E-state index in [1.807, 2.05) is 29.6 Å². The molecule has 1 N–H and O–H groups in total. The van der Waals surface area contributed by atoms with E-state index in [4.69, 9.17) is 4.74 Å². The number of nitrogens with zero attached hydrogens (tertiary/aromatic N) is 2. The maximum atomic E-state index is 5.93. The van der Waals surface area contributed by atoms with Gasteiger partial charge in [-0.1, -0.05) is 4.49 Å². The molecule has 0 saturated heterocycles. The minimum Gasteiger partial charge on any atom is -0.490 e. The van der Waals surface area contributed by atoms with E-state index >= 15 is 0 Å². The van der Waals surface area contributed by atoms with Crippen molar-refractivity contribution in [3.8, 4) is 5.75 Å². The molecule has 2 aromatic rings. The highest BCUT2D eigenvalue weighted by molar-refractivity contribution is 7.03. The number of hydrogen-bond donors (Lipinski definition) is 1. The molecule has 19 heavy (non-hydrogen) atoms. The van der Waals surface area contributed by atoms with Gasteiger partial charge in [-0.05, 0) is 61.5 Å². The van der Waals surface area contributed by atoms with Crippen LogP contribution in [-0.2, 0) is 6.54 Å². The fourth-order valence-corrected chi connectivity index (χ4v) is 2.75. The van der Waals surface area contributed by atoms with E-state index in [0.29, 0.717) is 12.6 Å². The number of anilines is 1. The molecule has 3 rings (SSSR count). The standard InChI is InChI=1S/C14H17N3OS/c1-2-4-13(3-1)18-14-7-5-11(6-8-14)15-9-12-10-19-17-16-12/h5-8,10,13,15H,1-4,9H2. The predicted molar refractivity (Wildman–Crippen MR) is 76.6 cm³/mol. The van der Waals surface area contributed by atoms with Gasteiger partial charge in [0.1, 0.15) is 5.75 Å². The molecule has 0 atom stereocenters. The lowest BCUT2D eigenvalue weighted by Gasteiger charge is -2.13. The van der Waals surface area contributed by atoms with Gasteiger partial charge in [-0.25, -0.2) is 0 Å². The van der Waals surface area contributed by atoms with Crippen molar-refractivity contribution in [3.63, 3.8) is 0 Å². The van der Waals surface area contributed by atoms with Crippen LogP contribution < -0.4 is 10.1 Å². The van der Waals surface area contributed by atoms with Crippen molar-refractivity contribution in [1.82, 2.24) is 9.59 Å². The summed E-state index contributed by atoms with van der Waals surface area (Å²) in [6.07, 6.45) is 5.39. The van der Waals surface area contributed by atoms with E-state index in [1.165, 1.54) is 37.2 Å². The number of nitrogens with one attached hydrogen (secondary N) is 1. The van der Waals surface area contributed by atoms with Crippen molar-refractivity contribution in [3.05, 3.63) is 35.3 Å². The fraction of sp³-hybridized carbons (Fsp3) is 0.429. The van der Waals surface area contributed by atoms with Crippen LogP contribution in [0.1, 0.15) is 31.4 Å². The fourth-order valence-electron chi connectivity index (χ4n) is 2.30. The normalized spacial score (nSPS) is 15.6. The van der Waals surface area contributed by atoms with Gasteiger partial charge >= 0.3 is 0 Å². The van der Waals surface area contributed by atoms with Gasteiger partial charge in [0.2, 0.25) is 0 Å². The Labute approximate surface area is 117 Å². The molecule has 1 aromatic heterocycles. The second-order valence-corrected chi connectivity index (χ2v) is 5.41. The quantitative estimate of drug-likeness (QED) is 0.907. The average molecular weight is 275 g/mol. The Hall–Kier alpha value is -1.62. The van der Waals surface area contributed by atoms with Gasteiger partial charge in [0.25, 0.3) is 0 Å². The Morgan fingerprint density at radius 1 is 1.21 bits per heavy atom. The largest absolute Gasteiger partial charge is 0.490 e. The molecular weight excluding hydrogens is 258 g/mol. The third-order valence-electron chi connectivity index (χ3n) is 3.34. The molecule has 100 valence electrons. The number of benzene rings is 1. The third kappa shape index (κ3) is 3.44. The van der Waals surface area contributed by atoms with E-state index in [9.17, 15) is 0 Å². The van der Waals surface area contributed by atoms with Gasteiger partial charge in [0.15, 0.2) is 0 Å². The molecule has 1 saturated carbocycles. The van der Waals surface area contributed by atoms with Gasteiger partial charge in [-0.15, -0.1) is 5.10 Å². The maximum absolute atomic E-state index is 5.93. The highest BCUT2D eigenvalue weighted by atomic mass is 32.1. The van der Waals surface area contributed by atoms with E-state index in [1.54, 1.807) is 0 Å². The molecule has 0 amide bonds. The van der Waals surface area contributed by atoms with Crippen molar-refractivity contribution >= 4 is 17.2 Å². The highest BCUT2D eigenvalue weighted by Crippen LogP contribution is 2.25. The van der Waals surface area contributed by atoms with E-state index < -0.39 is 0 Å². The summed E-state index contributed by atoms with van der Waals surface area (Å²) in [5, 5.41) is 9.26. The maximum Gasteiger partial charge on any atom is 0.119 e. The van der Waals surface area contributed by atoms with Crippen molar-refractivity contribution in [2.45, 2.75) is 38.3 Å². The molecule has 0 spiro atoms. The lowest BCUT2D eigenvalue weighted by Crippen LogP contribution is -2.10. The van der Waals surface area contributed by atoms with E-state index in [2.05, 4.69) is 14.9 Å². The van der Waals surface area contributed by atoms with Crippen LogP contribution in [0, 0.1) is 0 Å². The molecule has 1 fully saturated rings. The number of ether oxygens (including phenoxy) is 1. The van der Waals surface area contributed by atoms with E-state index in [0.717, 1.165) is 17.1 Å². The Bertz CT molecular complexity index is 492. The van der Waals surface area contributed by atoms with Crippen LogP contribution in [0.2, 0.25) is 0 Å². The highest BCUT2D eigenvalue weighted by Gasteiger charge is 2.16. The molecule has 0 aliphatic heterocycles. The zero-order chi connectivity index (χ0) is 12.9. The second-order valence-electron chi connectivity index (χ2n) is 4.80. The molecule has 0 bridgehead atoms.